The van der Waals surface area contributed by atoms with E-state index in [9.17, 15) is 4.79 Å². The Morgan fingerprint density at radius 1 is 1.33 bits per heavy atom. The molecule has 0 radical (unpaired) electrons. The van der Waals surface area contributed by atoms with Crippen molar-refractivity contribution in [2.24, 2.45) is 0 Å². The van der Waals surface area contributed by atoms with Crippen LogP contribution in [0.3, 0.4) is 0 Å². The van der Waals surface area contributed by atoms with E-state index < -0.39 is 0 Å². The Morgan fingerprint density at radius 2 is 2.05 bits per heavy atom. The van der Waals surface area contributed by atoms with Gasteiger partial charge in [-0.3, -0.25) is 4.79 Å². The molecule has 1 amide bonds. The van der Waals surface area contributed by atoms with Crippen LogP contribution in [-0.4, -0.2) is 48.5 Å². The maximum atomic E-state index is 12.1. The summed E-state index contributed by atoms with van der Waals surface area (Å²) in [6.45, 7) is 9.66. The van der Waals surface area contributed by atoms with Gasteiger partial charge >= 0.3 is 0 Å². The fraction of sp³-hybridized carbons (Fsp3) is 0.625. The van der Waals surface area contributed by atoms with Crippen molar-refractivity contribution in [1.29, 1.82) is 0 Å². The summed E-state index contributed by atoms with van der Waals surface area (Å²) in [4.78, 5) is 18.6. The van der Waals surface area contributed by atoms with Crippen LogP contribution in [0.15, 0.2) is 18.3 Å². The first-order valence-electron chi connectivity index (χ1n) is 7.77. The third-order valence-corrected chi connectivity index (χ3v) is 3.67. The lowest BCUT2D eigenvalue weighted by Crippen LogP contribution is -2.33. The van der Waals surface area contributed by atoms with Gasteiger partial charge in [-0.05, 0) is 51.5 Å². The minimum Gasteiger partial charge on any atom is -0.373 e. The highest BCUT2D eigenvalue weighted by molar-refractivity contribution is 5.94. The average Bonchev–Trinajstić information content (AvgIpc) is 2.51. The molecular weight excluding hydrogens is 264 g/mol. The fourth-order valence-corrected chi connectivity index (χ4v) is 2.22. The van der Waals surface area contributed by atoms with Gasteiger partial charge in [0.1, 0.15) is 5.82 Å². The van der Waals surface area contributed by atoms with Gasteiger partial charge in [0.05, 0.1) is 5.56 Å². The van der Waals surface area contributed by atoms with E-state index in [1.165, 1.54) is 0 Å². The van der Waals surface area contributed by atoms with E-state index in [1.54, 1.807) is 25.4 Å². The van der Waals surface area contributed by atoms with Gasteiger partial charge in [-0.1, -0.05) is 13.8 Å². The molecule has 1 aromatic rings. The number of anilines is 1. The van der Waals surface area contributed by atoms with Crippen LogP contribution in [0.5, 0.6) is 0 Å². The molecule has 0 spiro atoms. The highest BCUT2D eigenvalue weighted by Gasteiger charge is 2.10. The molecule has 0 aliphatic rings. The largest absolute Gasteiger partial charge is 0.373 e. The number of pyridine rings is 1. The molecule has 2 N–H and O–H groups in total. The summed E-state index contributed by atoms with van der Waals surface area (Å²) < 4.78 is 0. The van der Waals surface area contributed by atoms with Crippen molar-refractivity contribution in [2.75, 3.05) is 32.0 Å². The Balaban J connectivity index is 2.35. The Bertz CT molecular complexity index is 415. The van der Waals surface area contributed by atoms with Crippen LogP contribution in [0.25, 0.3) is 0 Å². The second-order valence-corrected chi connectivity index (χ2v) is 5.23. The fourth-order valence-electron chi connectivity index (χ4n) is 2.22. The first-order valence-corrected chi connectivity index (χ1v) is 7.77. The van der Waals surface area contributed by atoms with Crippen LogP contribution < -0.4 is 10.6 Å². The number of rotatable bonds is 9. The summed E-state index contributed by atoms with van der Waals surface area (Å²) in [5.74, 6) is 0.708. The molecule has 1 aromatic heterocycles. The zero-order valence-electron chi connectivity index (χ0n) is 13.6. The summed E-state index contributed by atoms with van der Waals surface area (Å²) in [5, 5.41) is 5.96. The lowest BCUT2D eigenvalue weighted by Gasteiger charge is -2.19. The van der Waals surface area contributed by atoms with E-state index in [0.29, 0.717) is 5.56 Å². The predicted octanol–water partition coefficient (Wildman–Crippen LogP) is 2.36. The van der Waals surface area contributed by atoms with Gasteiger partial charge < -0.3 is 15.5 Å². The number of hydrogen-bond donors (Lipinski definition) is 2. The van der Waals surface area contributed by atoms with E-state index in [0.717, 1.165) is 38.3 Å². The number of nitrogens with one attached hydrogen (secondary N) is 2. The topological polar surface area (TPSA) is 57.3 Å². The minimum atomic E-state index is -0.0551. The molecule has 0 saturated heterocycles. The molecule has 0 fully saturated rings. The first-order chi connectivity index (χ1) is 10.1. The van der Waals surface area contributed by atoms with Crippen molar-refractivity contribution in [3.8, 4) is 0 Å². The van der Waals surface area contributed by atoms with Crippen LogP contribution in [0, 0.1) is 0 Å². The van der Waals surface area contributed by atoms with Crippen molar-refractivity contribution in [3.63, 3.8) is 0 Å². The number of aromatic nitrogens is 1. The first kappa shape index (κ1) is 17.4. The molecule has 0 aliphatic heterocycles. The van der Waals surface area contributed by atoms with Crippen molar-refractivity contribution < 1.29 is 4.79 Å². The number of hydrogen-bond acceptors (Lipinski definition) is 4. The maximum absolute atomic E-state index is 12.1. The molecule has 1 heterocycles. The zero-order valence-corrected chi connectivity index (χ0v) is 13.6. The summed E-state index contributed by atoms with van der Waals surface area (Å²) >= 11 is 0. The Morgan fingerprint density at radius 3 is 2.57 bits per heavy atom. The smallest absolute Gasteiger partial charge is 0.253 e. The monoisotopic (exact) mass is 292 g/mol. The standard InChI is InChI=1S/C16H28N4O/c1-5-20(6-2)11-7-8-13(3)19-16(21)14-9-10-15(17-4)18-12-14/h9-10,12-13H,5-8,11H2,1-4H3,(H,17,18)(H,19,21). The molecule has 5 heteroatoms. The molecule has 1 atom stereocenters. The van der Waals surface area contributed by atoms with Gasteiger partial charge in [-0.2, -0.15) is 0 Å². The highest BCUT2D eigenvalue weighted by atomic mass is 16.1. The van der Waals surface area contributed by atoms with Crippen LogP contribution in [0.1, 0.15) is 44.0 Å². The second kappa shape index (κ2) is 9.34. The van der Waals surface area contributed by atoms with E-state index in [1.807, 2.05) is 0 Å². The van der Waals surface area contributed by atoms with Gasteiger partial charge in [-0.15, -0.1) is 0 Å². The van der Waals surface area contributed by atoms with Gasteiger partial charge in [0, 0.05) is 19.3 Å². The van der Waals surface area contributed by atoms with Gasteiger partial charge in [0.2, 0.25) is 0 Å². The molecule has 0 aliphatic carbocycles. The Labute approximate surface area is 128 Å². The van der Waals surface area contributed by atoms with Crippen LogP contribution in [0.4, 0.5) is 5.82 Å². The van der Waals surface area contributed by atoms with Crippen molar-refractivity contribution in [3.05, 3.63) is 23.9 Å². The minimum absolute atomic E-state index is 0.0551. The lowest BCUT2D eigenvalue weighted by molar-refractivity contribution is 0.0937. The molecule has 5 nitrogen and oxygen atoms in total. The number of amides is 1. The van der Waals surface area contributed by atoms with E-state index in [4.69, 9.17) is 0 Å². The van der Waals surface area contributed by atoms with E-state index in [-0.39, 0.29) is 11.9 Å². The van der Waals surface area contributed by atoms with Crippen molar-refractivity contribution >= 4 is 11.7 Å². The third kappa shape index (κ3) is 6.12. The molecule has 118 valence electrons. The van der Waals surface area contributed by atoms with Gasteiger partial charge in [-0.25, -0.2) is 4.98 Å². The molecule has 1 rings (SSSR count). The van der Waals surface area contributed by atoms with E-state index in [2.05, 4.69) is 41.3 Å². The summed E-state index contributed by atoms with van der Waals surface area (Å²) in [5.41, 5.74) is 0.601. The van der Waals surface area contributed by atoms with E-state index >= 15 is 0 Å². The van der Waals surface area contributed by atoms with Crippen LogP contribution in [0.2, 0.25) is 0 Å². The zero-order chi connectivity index (χ0) is 15.7. The van der Waals surface area contributed by atoms with Gasteiger partial charge in [0.25, 0.3) is 5.91 Å². The highest BCUT2D eigenvalue weighted by Crippen LogP contribution is 2.05. The molecule has 21 heavy (non-hydrogen) atoms. The number of carbonyl (C=O) groups is 1. The maximum Gasteiger partial charge on any atom is 0.253 e. The number of nitrogens with zero attached hydrogens (tertiary/aromatic N) is 2. The summed E-state index contributed by atoms with van der Waals surface area (Å²) in [6, 6.07) is 3.77. The van der Waals surface area contributed by atoms with Crippen molar-refractivity contribution in [2.45, 2.75) is 39.7 Å². The Kier molecular flexibility index (Phi) is 7.75. The second-order valence-electron chi connectivity index (χ2n) is 5.23. The molecule has 0 aromatic carbocycles. The van der Waals surface area contributed by atoms with Gasteiger partial charge in [0.15, 0.2) is 0 Å². The van der Waals surface area contributed by atoms with Crippen molar-refractivity contribution in [1.82, 2.24) is 15.2 Å². The molecule has 0 saturated carbocycles. The number of carbonyl (C=O) groups excluding carboxylic acids is 1. The summed E-state index contributed by atoms with van der Waals surface area (Å²) in [7, 11) is 1.81. The van der Waals surface area contributed by atoms with Crippen LogP contribution in [-0.2, 0) is 0 Å². The summed E-state index contributed by atoms with van der Waals surface area (Å²) in [6.07, 6.45) is 3.69. The molecule has 1 unspecified atom stereocenters. The SMILES string of the molecule is CCN(CC)CCCC(C)NC(=O)c1ccc(NC)nc1. The quantitative estimate of drug-likeness (QED) is 0.733. The average molecular weight is 292 g/mol. The molecular formula is C16H28N4O. The third-order valence-electron chi connectivity index (χ3n) is 3.67. The molecule has 0 bridgehead atoms. The van der Waals surface area contributed by atoms with Crippen LogP contribution >= 0.6 is 0 Å². The Hall–Kier alpha value is -1.62. The normalized spacial score (nSPS) is 12.2. The predicted molar refractivity (Wildman–Crippen MR) is 87.7 cm³/mol. The lowest BCUT2D eigenvalue weighted by atomic mass is 10.1.